The molecule has 21 heavy (non-hydrogen) atoms. The van der Waals surface area contributed by atoms with E-state index in [0.29, 0.717) is 0 Å². The molecule has 0 amide bonds. The average molecular weight is 294 g/mol. The van der Waals surface area contributed by atoms with Gasteiger partial charge in [0, 0.05) is 34.4 Å². The smallest absolute Gasteiger partial charge is 0.0746 e. The number of rotatable bonds is 4. The third-order valence-electron chi connectivity index (χ3n) is 4.13. The molecule has 0 aliphatic heterocycles. The Morgan fingerprint density at radius 3 is 3.00 bits per heavy atom. The van der Waals surface area contributed by atoms with Crippen LogP contribution in [0.4, 0.5) is 0 Å². The number of aryl methyl sites for hydroxylation is 2. The van der Waals surface area contributed by atoms with Gasteiger partial charge in [0.05, 0.1) is 5.52 Å². The van der Waals surface area contributed by atoms with Crippen molar-refractivity contribution < 1.29 is 0 Å². The lowest BCUT2D eigenvalue weighted by Crippen LogP contribution is -2.12. The maximum absolute atomic E-state index is 4.51. The Kier molecular flexibility index (Phi) is 3.45. The van der Waals surface area contributed by atoms with E-state index in [-0.39, 0.29) is 0 Å². The number of thiophene rings is 1. The monoisotopic (exact) mass is 294 g/mol. The zero-order valence-electron chi connectivity index (χ0n) is 11.9. The highest BCUT2D eigenvalue weighted by atomic mass is 32.1. The van der Waals surface area contributed by atoms with Crippen molar-refractivity contribution in [3.8, 4) is 0 Å². The van der Waals surface area contributed by atoms with Gasteiger partial charge in [-0.2, -0.15) is 0 Å². The Labute approximate surface area is 128 Å². The maximum atomic E-state index is 4.51. The molecule has 1 aliphatic rings. The molecule has 1 N–H and O–H groups in total. The summed E-state index contributed by atoms with van der Waals surface area (Å²) < 4.78 is 0. The van der Waals surface area contributed by atoms with Gasteiger partial charge in [0.2, 0.25) is 0 Å². The fourth-order valence-corrected chi connectivity index (χ4v) is 4.34. The molecule has 2 heterocycles. The first-order valence-corrected chi connectivity index (χ1v) is 8.35. The van der Waals surface area contributed by atoms with Crippen LogP contribution in [0.2, 0.25) is 0 Å². The van der Waals surface area contributed by atoms with E-state index < -0.39 is 0 Å². The number of fused-ring (bicyclic) bond motifs is 2. The summed E-state index contributed by atoms with van der Waals surface area (Å²) in [6.45, 7) is 1.83. The van der Waals surface area contributed by atoms with E-state index in [9.17, 15) is 0 Å². The predicted molar refractivity (Wildman–Crippen MR) is 88.6 cm³/mol. The third-order valence-corrected chi connectivity index (χ3v) is 5.37. The van der Waals surface area contributed by atoms with Crippen molar-refractivity contribution in [2.45, 2.75) is 32.4 Å². The molecule has 4 rings (SSSR count). The molecule has 3 heteroatoms. The van der Waals surface area contributed by atoms with Gasteiger partial charge < -0.3 is 5.32 Å². The molecule has 3 aromatic rings. The highest BCUT2D eigenvalue weighted by Gasteiger charge is 2.14. The second-order valence-electron chi connectivity index (χ2n) is 5.61. The summed E-state index contributed by atoms with van der Waals surface area (Å²) in [5.74, 6) is 0. The van der Waals surface area contributed by atoms with E-state index in [1.807, 2.05) is 23.6 Å². The van der Waals surface area contributed by atoms with Gasteiger partial charge in [0.1, 0.15) is 0 Å². The molecule has 0 fully saturated rings. The van der Waals surface area contributed by atoms with Crippen LogP contribution in [0.25, 0.3) is 10.9 Å². The SMILES string of the molecule is c1cnc2c(CNCc3cc4c(s3)CCC4)cccc2c1. The van der Waals surface area contributed by atoms with Crippen LogP contribution >= 0.6 is 11.3 Å². The van der Waals surface area contributed by atoms with E-state index >= 15 is 0 Å². The quantitative estimate of drug-likeness (QED) is 0.784. The summed E-state index contributed by atoms with van der Waals surface area (Å²) in [6.07, 6.45) is 5.78. The van der Waals surface area contributed by atoms with Crippen LogP contribution in [0.3, 0.4) is 0 Å². The largest absolute Gasteiger partial charge is 0.308 e. The molecule has 0 radical (unpaired) electrons. The van der Waals surface area contributed by atoms with Crippen molar-refractivity contribution in [3.63, 3.8) is 0 Å². The molecule has 0 saturated heterocycles. The summed E-state index contributed by atoms with van der Waals surface area (Å²) in [5, 5.41) is 4.78. The van der Waals surface area contributed by atoms with Crippen LogP contribution < -0.4 is 5.32 Å². The number of nitrogens with one attached hydrogen (secondary N) is 1. The van der Waals surface area contributed by atoms with Crippen LogP contribution in [-0.2, 0) is 25.9 Å². The third kappa shape index (κ3) is 2.59. The number of aromatic nitrogens is 1. The molecule has 106 valence electrons. The Morgan fingerprint density at radius 2 is 2.05 bits per heavy atom. The lowest BCUT2D eigenvalue weighted by Gasteiger charge is -2.06. The molecular weight excluding hydrogens is 276 g/mol. The van der Waals surface area contributed by atoms with Crippen molar-refractivity contribution in [1.82, 2.24) is 10.3 Å². The Hall–Kier alpha value is -1.71. The molecular formula is C18H18N2S. The first-order valence-electron chi connectivity index (χ1n) is 7.54. The second kappa shape index (κ2) is 5.58. The topological polar surface area (TPSA) is 24.9 Å². The minimum atomic E-state index is 0.872. The van der Waals surface area contributed by atoms with E-state index in [1.54, 1.807) is 10.4 Å². The lowest BCUT2D eigenvalue weighted by atomic mass is 10.1. The van der Waals surface area contributed by atoms with Crippen molar-refractivity contribution in [1.29, 1.82) is 0 Å². The molecule has 0 bridgehead atoms. The number of hydrogen-bond donors (Lipinski definition) is 1. The van der Waals surface area contributed by atoms with Crippen LogP contribution in [0.5, 0.6) is 0 Å². The van der Waals surface area contributed by atoms with E-state index in [2.05, 4.69) is 40.6 Å². The molecule has 0 unspecified atom stereocenters. The fourth-order valence-electron chi connectivity index (χ4n) is 3.11. The average Bonchev–Trinajstić information content (AvgIpc) is 3.09. The number of nitrogens with zero attached hydrogens (tertiary/aromatic N) is 1. The van der Waals surface area contributed by atoms with Crippen molar-refractivity contribution in [3.05, 3.63) is 63.5 Å². The Morgan fingerprint density at radius 1 is 1.10 bits per heavy atom. The minimum absolute atomic E-state index is 0.872. The summed E-state index contributed by atoms with van der Waals surface area (Å²) in [5.41, 5.74) is 3.97. The molecule has 1 aliphatic carbocycles. The molecule has 0 atom stereocenters. The van der Waals surface area contributed by atoms with Gasteiger partial charge in [-0.25, -0.2) is 0 Å². The van der Waals surface area contributed by atoms with Crippen molar-refractivity contribution in [2.24, 2.45) is 0 Å². The van der Waals surface area contributed by atoms with Gasteiger partial charge in [0.15, 0.2) is 0 Å². The number of para-hydroxylation sites is 1. The van der Waals surface area contributed by atoms with Crippen LogP contribution in [0.1, 0.15) is 27.3 Å². The highest BCUT2D eigenvalue weighted by Crippen LogP contribution is 2.30. The van der Waals surface area contributed by atoms with Gasteiger partial charge >= 0.3 is 0 Å². The number of benzene rings is 1. The first kappa shape index (κ1) is 13.0. The normalized spacial score (nSPS) is 13.7. The first-order chi connectivity index (χ1) is 10.4. The molecule has 0 spiro atoms. The minimum Gasteiger partial charge on any atom is -0.308 e. The molecule has 0 saturated carbocycles. The van der Waals surface area contributed by atoms with Crippen LogP contribution in [0.15, 0.2) is 42.6 Å². The van der Waals surface area contributed by atoms with E-state index in [0.717, 1.165) is 18.6 Å². The van der Waals surface area contributed by atoms with E-state index in [4.69, 9.17) is 0 Å². The molecule has 1 aromatic carbocycles. The zero-order valence-corrected chi connectivity index (χ0v) is 12.7. The summed E-state index contributed by atoms with van der Waals surface area (Å²) >= 11 is 1.98. The van der Waals surface area contributed by atoms with Gasteiger partial charge in [-0.3, -0.25) is 4.98 Å². The number of hydrogen-bond acceptors (Lipinski definition) is 3. The number of pyridine rings is 1. The Bertz CT molecular complexity index is 749. The summed E-state index contributed by atoms with van der Waals surface area (Å²) in [6, 6.07) is 12.9. The predicted octanol–water partition coefficient (Wildman–Crippen LogP) is 4.07. The maximum Gasteiger partial charge on any atom is 0.0746 e. The van der Waals surface area contributed by atoms with Gasteiger partial charge in [-0.1, -0.05) is 24.3 Å². The molecule has 2 aromatic heterocycles. The summed E-state index contributed by atoms with van der Waals surface area (Å²) in [4.78, 5) is 7.59. The van der Waals surface area contributed by atoms with Crippen molar-refractivity contribution in [2.75, 3.05) is 0 Å². The second-order valence-corrected chi connectivity index (χ2v) is 6.83. The fraction of sp³-hybridized carbons (Fsp3) is 0.278. The zero-order chi connectivity index (χ0) is 14.1. The Balaban J connectivity index is 1.46. The van der Waals surface area contributed by atoms with Crippen molar-refractivity contribution >= 4 is 22.2 Å². The van der Waals surface area contributed by atoms with Gasteiger partial charge in [0.25, 0.3) is 0 Å². The summed E-state index contributed by atoms with van der Waals surface area (Å²) in [7, 11) is 0. The van der Waals surface area contributed by atoms with Gasteiger partial charge in [-0.05, 0) is 42.5 Å². The lowest BCUT2D eigenvalue weighted by molar-refractivity contribution is 0.703. The molecule has 2 nitrogen and oxygen atoms in total. The standard InChI is InChI=1S/C18H18N2S/c1-4-13-7-3-9-20-18(13)15(6-1)11-19-12-16-10-14-5-2-8-17(14)21-16/h1,3-4,6-7,9-10,19H,2,5,8,11-12H2. The van der Waals surface area contributed by atoms with E-state index in [1.165, 1.54) is 35.1 Å². The van der Waals surface area contributed by atoms with Gasteiger partial charge in [-0.15, -0.1) is 11.3 Å². The van der Waals surface area contributed by atoms with Crippen LogP contribution in [0, 0.1) is 0 Å². The highest BCUT2D eigenvalue weighted by molar-refractivity contribution is 7.12. The van der Waals surface area contributed by atoms with Crippen LogP contribution in [-0.4, -0.2) is 4.98 Å².